The predicted molar refractivity (Wildman–Crippen MR) is 253 cm³/mol. The zero-order valence-corrected chi connectivity index (χ0v) is 33.9. The van der Waals surface area contributed by atoms with Gasteiger partial charge in [-0.2, -0.15) is 0 Å². The molecule has 10 aromatic rings. The lowest BCUT2D eigenvalue weighted by atomic mass is 9.66. The average molecular weight is 793 g/mol. The predicted octanol–water partition coefficient (Wildman–Crippen LogP) is 14.4. The number of nitrogens with one attached hydrogen (secondary N) is 1. The summed E-state index contributed by atoms with van der Waals surface area (Å²) in [7, 11) is 0. The van der Waals surface area contributed by atoms with Crippen LogP contribution in [0.4, 0.5) is 0 Å². The van der Waals surface area contributed by atoms with Crippen molar-refractivity contribution in [3.63, 3.8) is 0 Å². The molecule has 3 nitrogen and oxygen atoms in total. The van der Waals surface area contributed by atoms with Crippen LogP contribution < -0.4 is 10.1 Å². The molecule has 2 unspecified atom stereocenters. The summed E-state index contributed by atoms with van der Waals surface area (Å²) < 4.78 is 9.02. The fourth-order valence-electron chi connectivity index (χ4n) is 10.9. The lowest BCUT2D eigenvalue weighted by Gasteiger charge is -2.39. The lowest BCUT2D eigenvalue weighted by Crippen LogP contribution is -2.32. The zero-order valence-electron chi connectivity index (χ0n) is 33.9. The molecule has 1 aliphatic carbocycles. The molecule has 0 saturated heterocycles. The van der Waals surface area contributed by atoms with Crippen LogP contribution in [0, 0.1) is 0 Å². The Balaban J connectivity index is 0.946. The minimum Gasteiger partial charge on any atom is -0.457 e. The molecule has 13 rings (SSSR count). The van der Waals surface area contributed by atoms with Crippen LogP contribution in [0.2, 0.25) is 0 Å². The molecule has 3 heteroatoms. The maximum atomic E-state index is 6.59. The van der Waals surface area contributed by atoms with Gasteiger partial charge in [0.05, 0.1) is 28.5 Å². The molecule has 2 atom stereocenters. The van der Waals surface area contributed by atoms with E-state index in [-0.39, 0.29) is 12.1 Å². The van der Waals surface area contributed by atoms with E-state index in [2.05, 4.69) is 234 Å². The number of fused-ring (bicyclic) bond motifs is 12. The number of para-hydroxylation sites is 3. The SMILES string of the molecule is C1=C(c2ccc(-n3c4ccccc4c4ccc(-c5ccccc5)cc43)cc2)C(c2ccc3c(c2)-c2ccccc2C32c3ccccc3Oc3ccccc32)NC1c1ccccc1. The van der Waals surface area contributed by atoms with Crippen molar-refractivity contribution < 1.29 is 4.74 Å². The van der Waals surface area contributed by atoms with Gasteiger partial charge in [0.2, 0.25) is 0 Å². The maximum absolute atomic E-state index is 6.59. The average Bonchev–Trinajstić information content (AvgIpc) is 4.02. The zero-order chi connectivity index (χ0) is 40.8. The van der Waals surface area contributed by atoms with Gasteiger partial charge in [0.25, 0.3) is 0 Å². The highest BCUT2D eigenvalue weighted by Gasteiger charge is 2.51. The van der Waals surface area contributed by atoms with Crippen molar-refractivity contribution in [3.05, 3.63) is 263 Å². The third-order valence-corrected chi connectivity index (χ3v) is 13.6. The summed E-state index contributed by atoms with van der Waals surface area (Å²) in [6.45, 7) is 0. The molecule has 0 amide bonds. The second-order valence-electron chi connectivity index (χ2n) is 16.8. The molecule has 1 aromatic heterocycles. The number of hydrogen-bond donors (Lipinski definition) is 1. The Kier molecular flexibility index (Phi) is 7.72. The smallest absolute Gasteiger partial charge is 0.132 e. The van der Waals surface area contributed by atoms with Crippen molar-refractivity contribution in [2.24, 2.45) is 0 Å². The summed E-state index contributed by atoms with van der Waals surface area (Å²) in [5.41, 5.74) is 18.0. The molecule has 292 valence electrons. The fourth-order valence-corrected chi connectivity index (χ4v) is 10.9. The van der Waals surface area contributed by atoms with Gasteiger partial charge in [-0.25, -0.2) is 0 Å². The van der Waals surface area contributed by atoms with E-state index >= 15 is 0 Å². The molecule has 2 aliphatic heterocycles. The molecule has 1 N–H and O–H groups in total. The van der Waals surface area contributed by atoms with Gasteiger partial charge in [0, 0.05) is 27.6 Å². The van der Waals surface area contributed by atoms with E-state index in [1.807, 2.05) is 0 Å². The van der Waals surface area contributed by atoms with Gasteiger partial charge in [0.15, 0.2) is 0 Å². The van der Waals surface area contributed by atoms with Crippen LogP contribution in [0.5, 0.6) is 11.5 Å². The third-order valence-electron chi connectivity index (χ3n) is 13.6. The van der Waals surface area contributed by atoms with Gasteiger partial charge >= 0.3 is 0 Å². The van der Waals surface area contributed by atoms with Gasteiger partial charge in [-0.3, -0.25) is 5.32 Å². The molecule has 0 saturated carbocycles. The van der Waals surface area contributed by atoms with E-state index in [4.69, 9.17) is 4.74 Å². The molecule has 0 bridgehead atoms. The van der Waals surface area contributed by atoms with Crippen molar-refractivity contribution >= 4 is 27.4 Å². The largest absolute Gasteiger partial charge is 0.457 e. The maximum Gasteiger partial charge on any atom is 0.132 e. The van der Waals surface area contributed by atoms with Crippen LogP contribution in [-0.4, -0.2) is 4.57 Å². The van der Waals surface area contributed by atoms with Crippen LogP contribution in [0.3, 0.4) is 0 Å². The van der Waals surface area contributed by atoms with E-state index in [0.717, 1.165) is 17.2 Å². The van der Waals surface area contributed by atoms with Gasteiger partial charge in [-0.15, -0.1) is 0 Å². The summed E-state index contributed by atoms with van der Waals surface area (Å²) in [6, 6.07) is 79.7. The number of rotatable bonds is 5. The molecule has 0 fully saturated rings. The summed E-state index contributed by atoms with van der Waals surface area (Å²) in [6.07, 6.45) is 2.44. The number of aromatic nitrogens is 1. The minimum absolute atomic E-state index is 0.0315. The molecule has 9 aromatic carbocycles. The van der Waals surface area contributed by atoms with E-state index in [1.165, 1.54) is 88.6 Å². The Morgan fingerprint density at radius 2 is 1.03 bits per heavy atom. The van der Waals surface area contributed by atoms with Crippen LogP contribution in [-0.2, 0) is 5.41 Å². The highest BCUT2D eigenvalue weighted by Crippen LogP contribution is 2.62. The number of nitrogens with zero attached hydrogens (tertiary/aromatic N) is 1. The molecular weight excluding hydrogens is 753 g/mol. The van der Waals surface area contributed by atoms with Crippen molar-refractivity contribution in [2.45, 2.75) is 17.5 Å². The minimum atomic E-state index is -0.491. The number of hydrogen-bond acceptors (Lipinski definition) is 2. The molecule has 0 radical (unpaired) electrons. The van der Waals surface area contributed by atoms with Gasteiger partial charge in [-0.05, 0) is 98.1 Å². The van der Waals surface area contributed by atoms with Gasteiger partial charge in [0.1, 0.15) is 11.5 Å². The second-order valence-corrected chi connectivity index (χ2v) is 16.8. The normalized spacial score (nSPS) is 16.7. The van der Waals surface area contributed by atoms with Crippen LogP contribution in [0.1, 0.15) is 51.0 Å². The second kappa shape index (κ2) is 13.7. The number of ether oxygens (including phenoxy) is 1. The first-order chi connectivity index (χ1) is 30.7. The molecule has 1 spiro atoms. The van der Waals surface area contributed by atoms with Crippen molar-refractivity contribution in [3.8, 4) is 39.4 Å². The first kappa shape index (κ1) is 35.1. The highest BCUT2D eigenvalue weighted by molar-refractivity contribution is 6.10. The Bertz CT molecular complexity index is 3370. The quantitative estimate of drug-likeness (QED) is 0.188. The van der Waals surface area contributed by atoms with Gasteiger partial charge in [-0.1, -0.05) is 182 Å². The first-order valence-corrected chi connectivity index (χ1v) is 21.6. The Morgan fingerprint density at radius 1 is 0.419 bits per heavy atom. The van der Waals surface area contributed by atoms with Crippen LogP contribution in [0.15, 0.2) is 224 Å². The summed E-state index contributed by atoms with van der Waals surface area (Å²) in [5.74, 6) is 1.82. The third kappa shape index (κ3) is 5.09. The Hall–Kier alpha value is -7.72. The van der Waals surface area contributed by atoms with E-state index in [0.29, 0.717) is 0 Å². The van der Waals surface area contributed by atoms with Crippen molar-refractivity contribution in [2.75, 3.05) is 0 Å². The van der Waals surface area contributed by atoms with Crippen LogP contribution >= 0.6 is 0 Å². The monoisotopic (exact) mass is 792 g/mol. The molecule has 3 heterocycles. The first-order valence-electron chi connectivity index (χ1n) is 21.6. The summed E-state index contributed by atoms with van der Waals surface area (Å²) in [4.78, 5) is 0. The van der Waals surface area contributed by atoms with Crippen molar-refractivity contribution in [1.29, 1.82) is 0 Å². The van der Waals surface area contributed by atoms with Crippen LogP contribution in [0.25, 0.3) is 55.3 Å². The summed E-state index contributed by atoms with van der Waals surface area (Å²) in [5, 5.41) is 6.60. The Labute approximate surface area is 360 Å². The van der Waals surface area contributed by atoms with E-state index in [1.54, 1.807) is 0 Å². The van der Waals surface area contributed by atoms with E-state index < -0.39 is 5.41 Å². The fraction of sp³-hybridized carbons (Fsp3) is 0.0508. The molecule has 62 heavy (non-hydrogen) atoms. The lowest BCUT2D eigenvalue weighted by molar-refractivity contribution is 0.436. The summed E-state index contributed by atoms with van der Waals surface area (Å²) >= 11 is 0. The van der Waals surface area contributed by atoms with Gasteiger partial charge < -0.3 is 9.30 Å². The standard InChI is InChI=1S/C59H40N2O/c1-3-15-38(16-4-1)41-29-33-46-45-20-8-12-24-54(45)61(55(46)36-41)43-31-27-39(28-32-43)47-37-53(40-17-5-2-6-18-40)60-58(47)42-30-34-50-48(35-42)44-19-7-9-21-49(44)59(50)51-22-10-13-25-56(51)62-57-26-14-11-23-52(57)59/h1-37,53,58,60H. The highest BCUT2D eigenvalue weighted by atomic mass is 16.5. The number of benzene rings is 9. The van der Waals surface area contributed by atoms with Crippen molar-refractivity contribution in [1.82, 2.24) is 9.88 Å². The molecule has 3 aliphatic rings. The molecular formula is C59H40N2O. The Morgan fingerprint density at radius 3 is 1.81 bits per heavy atom. The van der Waals surface area contributed by atoms with E-state index in [9.17, 15) is 0 Å². The topological polar surface area (TPSA) is 26.2 Å².